The Kier molecular flexibility index (Phi) is 3.13. The van der Waals surface area contributed by atoms with Crippen molar-refractivity contribution in [2.24, 2.45) is 5.41 Å². The number of nitrogen functional groups attached to an aromatic ring is 1. The maximum atomic E-state index is 12.2. The van der Waals surface area contributed by atoms with Gasteiger partial charge in [-0.2, -0.15) is 0 Å². The van der Waals surface area contributed by atoms with Gasteiger partial charge in [0, 0.05) is 25.0 Å². The number of nitrogens with zero attached hydrogens (tertiary/aromatic N) is 1. The number of aromatic nitrogens is 1. The summed E-state index contributed by atoms with van der Waals surface area (Å²) in [6, 6.07) is 1.71. The molecule has 0 unspecified atom stereocenters. The Morgan fingerprint density at radius 2 is 2.24 bits per heavy atom. The molecule has 0 saturated carbocycles. The van der Waals surface area contributed by atoms with Crippen LogP contribution in [0.5, 0.6) is 0 Å². The number of anilines is 1. The predicted octanol–water partition coefficient (Wildman–Crippen LogP) is 2.25. The minimum Gasteiger partial charge on any atom is -0.397 e. The molecule has 0 aliphatic carbocycles. The smallest absolute Gasteiger partial charge is 0.270 e. The zero-order valence-corrected chi connectivity index (χ0v) is 10.6. The van der Waals surface area contributed by atoms with Gasteiger partial charge in [-0.3, -0.25) is 4.79 Å². The van der Waals surface area contributed by atoms with Crippen molar-refractivity contribution >= 4 is 11.6 Å². The van der Waals surface area contributed by atoms with E-state index in [1.165, 1.54) is 0 Å². The number of aromatic amines is 1. The van der Waals surface area contributed by atoms with Crippen molar-refractivity contribution in [1.29, 1.82) is 0 Å². The number of nitrogens with two attached hydrogens (primary N) is 1. The Labute approximate surface area is 102 Å². The topological polar surface area (TPSA) is 62.1 Å². The number of amides is 1. The fourth-order valence-electron chi connectivity index (χ4n) is 2.64. The van der Waals surface area contributed by atoms with Gasteiger partial charge in [-0.15, -0.1) is 0 Å². The number of nitrogens with one attached hydrogen (secondary N) is 1. The molecule has 1 aliphatic rings. The second kappa shape index (κ2) is 4.43. The minimum absolute atomic E-state index is 0.0745. The molecular formula is C13H21N3O. The van der Waals surface area contributed by atoms with Crippen LogP contribution in [0.4, 0.5) is 5.69 Å². The molecule has 1 aromatic rings. The quantitative estimate of drug-likeness (QED) is 0.844. The molecule has 3 N–H and O–H groups in total. The molecule has 17 heavy (non-hydrogen) atoms. The first-order valence-corrected chi connectivity index (χ1v) is 6.33. The Bertz CT molecular complexity index is 407. The van der Waals surface area contributed by atoms with Crippen molar-refractivity contribution in [3.8, 4) is 0 Å². The van der Waals surface area contributed by atoms with Crippen LogP contribution >= 0.6 is 0 Å². The first-order valence-electron chi connectivity index (χ1n) is 6.33. The standard InChI is InChI=1S/C13H21N3O/c1-3-13(4-2)5-6-16(9-13)12(17)11-7-10(14)8-15-11/h7-8,15H,3-6,9,14H2,1-2H3. The van der Waals surface area contributed by atoms with Gasteiger partial charge in [-0.05, 0) is 30.7 Å². The summed E-state index contributed by atoms with van der Waals surface area (Å²) in [5, 5.41) is 0. The van der Waals surface area contributed by atoms with Crippen LogP contribution in [0.1, 0.15) is 43.6 Å². The molecule has 1 fully saturated rings. The van der Waals surface area contributed by atoms with Gasteiger partial charge in [0.25, 0.3) is 5.91 Å². The molecule has 0 spiro atoms. The number of carbonyl (C=O) groups is 1. The molecule has 0 bridgehead atoms. The van der Waals surface area contributed by atoms with Gasteiger partial charge >= 0.3 is 0 Å². The van der Waals surface area contributed by atoms with Gasteiger partial charge in [0.05, 0.1) is 0 Å². The number of likely N-dealkylation sites (tertiary alicyclic amines) is 1. The molecule has 4 heteroatoms. The van der Waals surface area contributed by atoms with E-state index in [0.29, 0.717) is 16.8 Å². The van der Waals surface area contributed by atoms with Gasteiger partial charge in [-0.25, -0.2) is 0 Å². The molecule has 1 aromatic heterocycles. The third-order valence-electron chi connectivity index (χ3n) is 4.16. The molecular weight excluding hydrogens is 214 g/mol. The Hall–Kier alpha value is -1.45. The Balaban J connectivity index is 2.08. The zero-order chi connectivity index (χ0) is 12.5. The summed E-state index contributed by atoms with van der Waals surface area (Å²) in [5.74, 6) is 0.0745. The van der Waals surface area contributed by atoms with E-state index < -0.39 is 0 Å². The number of hydrogen-bond donors (Lipinski definition) is 2. The first-order chi connectivity index (χ1) is 8.10. The molecule has 2 rings (SSSR count). The van der Waals surface area contributed by atoms with Crippen molar-refractivity contribution in [2.75, 3.05) is 18.8 Å². The third kappa shape index (κ3) is 2.16. The van der Waals surface area contributed by atoms with Gasteiger partial charge in [0.15, 0.2) is 0 Å². The molecule has 4 nitrogen and oxygen atoms in total. The summed E-state index contributed by atoms with van der Waals surface area (Å²) in [6.45, 7) is 6.16. The summed E-state index contributed by atoms with van der Waals surface area (Å²) >= 11 is 0. The van der Waals surface area contributed by atoms with Crippen molar-refractivity contribution < 1.29 is 4.79 Å². The van der Waals surface area contributed by atoms with Crippen LogP contribution < -0.4 is 5.73 Å². The largest absolute Gasteiger partial charge is 0.397 e. The van der Waals surface area contributed by atoms with Gasteiger partial charge in [0.2, 0.25) is 0 Å². The molecule has 1 amide bonds. The van der Waals surface area contributed by atoms with Crippen LogP contribution in [0.3, 0.4) is 0 Å². The van der Waals surface area contributed by atoms with Crippen LogP contribution in [-0.4, -0.2) is 28.9 Å². The number of carbonyl (C=O) groups excluding carboxylic acids is 1. The average Bonchev–Trinajstić information content (AvgIpc) is 2.95. The van der Waals surface area contributed by atoms with Crippen molar-refractivity contribution in [1.82, 2.24) is 9.88 Å². The Morgan fingerprint density at radius 3 is 2.71 bits per heavy atom. The van der Waals surface area contributed by atoms with E-state index in [4.69, 9.17) is 5.73 Å². The number of H-pyrrole nitrogens is 1. The van der Waals surface area contributed by atoms with E-state index >= 15 is 0 Å². The van der Waals surface area contributed by atoms with Crippen molar-refractivity contribution in [3.63, 3.8) is 0 Å². The summed E-state index contributed by atoms with van der Waals surface area (Å²) < 4.78 is 0. The van der Waals surface area contributed by atoms with E-state index in [1.807, 2.05) is 4.90 Å². The SMILES string of the molecule is CCC1(CC)CCN(C(=O)c2cc(N)c[nH]2)C1. The predicted molar refractivity (Wildman–Crippen MR) is 68.7 cm³/mol. The molecule has 1 saturated heterocycles. The summed E-state index contributed by atoms with van der Waals surface area (Å²) in [5.41, 5.74) is 7.16. The molecule has 0 aromatic carbocycles. The lowest BCUT2D eigenvalue weighted by Crippen LogP contribution is -2.31. The van der Waals surface area contributed by atoms with E-state index in [0.717, 1.165) is 32.4 Å². The lowest BCUT2D eigenvalue weighted by Gasteiger charge is -2.26. The fraction of sp³-hybridized carbons (Fsp3) is 0.615. The summed E-state index contributed by atoms with van der Waals surface area (Å²) in [4.78, 5) is 17.1. The van der Waals surface area contributed by atoms with Gasteiger partial charge in [-0.1, -0.05) is 13.8 Å². The monoisotopic (exact) mass is 235 g/mol. The molecule has 0 radical (unpaired) electrons. The van der Waals surface area contributed by atoms with Crippen LogP contribution in [0, 0.1) is 5.41 Å². The molecule has 2 heterocycles. The second-order valence-corrected chi connectivity index (χ2v) is 5.03. The highest BCUT2D eigenvalue weighted by atomic mass is 16.2. The summed E-state index contributed by atoms with van der Waals surface area (Å²) in [7, 11) is 0. The molecule has 1 aliphatic heterocycles. The number of hydrogen-bond acceptors (Lipinski definition) is 2. The van der Waals surface area contributed by atoms with Crippen molar-refractivity contribution in [2.45, 2.75) is 33.1 Å². The lowest BCUT2D eigenvalue weighted by molar-refractivity contribution is 0.0765. The number of rotatable bonds is 3. The normalized spacial score (nSPS) is 18.6. The average molecular weight is 235 g/mol. The van der Waals surface area contributed by atoms with E-state index in [9.17, 15) is 4.79 Å². The molecule has 0 atom stereocenters. The highest BCUT2D eigenvalue weighted by Crippen LogP contribution is 2.37. The second-order valence-electron chi connectivity index (χ2n) is 5.03. The van der Waals surface area contributed by atoms with Gasteiger partial charge in [0.1, 0.15) is 5.69 Å². The maximum absolute atomic E-state index is 12.2. The van der Waals surface area contributed by atoms with Gasteiger partial charge < -0.3 is 15.6 Å². The highest BCUT2D eigenvalue weighted by Gasteiger charge is 2.37. The third-order valence-corrected chi connectivity index (χ3v) is 4.16. The lowest BCUT2D eigenvalue weighted by atomic mass is 9.82. The maximum Gasteiger partial charge on any atom is 0.270 e. The van der Waals surface area contributed by atoms with E-state index in [-0.39, 0.29) is 5.91 Å². The van der Waals surface area contributed by atoms with Crippen LogP contribution in [0.15, 0.2) is 12.3 Å². The van der Waals surface area contributed by atoms with Crippen LogP contribution in [0.2, 0.25) is 0 Å². The Morgan fingerprint density at radius 1 is 1.53 bits per heavy atom. The van der Waals surface area contributed by atoms with E-state index in [1.54, 1.807) is 12.3 Å². The van der Waals surface area contributed by atoms with Crippen LogP contribution in [-0.2, 0) is 0 Å². The first kappa shape index (κ1) is 12.0. The fourth-order valence-corrected chi connectivity index (χ4v) is 2.64. The molecule has 94 valence electrons. The minimum atomic E-state index is 0.0745. The highest BCUT2D eigenvalue weighted by molar-refractivity contribution is 5.93. The zero-order valence-electron chi connectivity index (χ0n) is 10.6. The van der Waals surface area contributed by atoms with Crippen LogP contribution in [0.25, 0.3) is 0 Å². The van der Waals surface area contributed by atoms with Crippen molar-refractivity contribution in [3.05, 3.63) is 18.0 Å². The van der Waals surface area contributed by atoms with E-state index in [2.05, 4.69) is 18.8 Å². The summed E-state index contributed by atoms with van der Waals surface area (Å²) in [6.07, 6.45) is 5.05.